The average molecular weight is 216 g/mol. The van der Waals surface area contributed by atoms with Crippen LogP contribution in [0.1, 0.15) is 12.6 Å². The van der Waals surface area contributed by atoms with Gasteiger partial charge in [0, 0.05) is 10.7 Å². The summed E-state index contributed by atoms with van der Waals surface area (Å²) < 4.78 is 6.28. The quantitative estimate of drug-likeness (QED) is 0.757. The first-order valence-corrected chi connectivity index (χ1v) is 4.28. The van der Waals surface area contributed by atoms with Gasteiger partial charge >= 0.3 is 0 Å². The van der Waals surface area contributed by atoms with Crippen LogP contribution in [0.5, 0.6) is 5.75 Å². The molecule has 0 aliphatic rings. The molecule has 0 aromatic carbocycles. The van der Waals surface area contributed by atoms with Crippen molar-refractivity contribution in [1.82, 2.24) is 4.98 Å². The number of hydrogen-bond acceptors (Lipinski definition) is 2. The molecule has 2 nitrogen and oxygen atoms in total. The normalized spacial score (nSPS) is 9.73. The highest BCUT2D eigenvalue weighted by molar-refractivity contribution is 9.10. The van der Waals surface area contributed by atoms with E-state index in [9.17, 15) is 0 Å². The molecular formula is C8H10BrNO. The van der Waals surface area contributed by atoms with Gasteiger partial charge in [-0.3, -0.25) is 4.98 Å². The SMILES string of the molecule is CCOc1cc(Br)cnc1C. The molecule has 0 spiro atoms. The van der Waals surface area contributed by atoms with Gasteiger partial charge in [0.25, 0.3) is 0 Å². The van der Waals surface area contributed by atoms with Gasteiger partial charge in [-0.05, 0) is 35.8 Å². The molecule has 0 saturated heterocycles. The van der Waals surface area contributed by atoms with Gasteiger partial charge in [-0.2, -0.15) is 0 Å². The zero-order valence-electron chi connectivity index (χ0n) is 6.60. The van der Waals surface area contributed by atoms with Gasteiger partial charge in [0.05, 0.1) is 12.3 Å². The van der Waals surface area contributed by atoms with Crippen LogP contribution in [-0.2, 0) is 0 Å². The van der Waals surface area contributed by atoms with E-state index < -0.39 is 0 Å². The molecule has 0 aliphatic carbocycles. The van der Waals surface area contributed by atoms with Crippen LogP contribution in [0.2, 0.25) is 0 Å². The first-order chi connectivity index (χ1) is 5.24. The first-order valence-electron chi connectivity index (χ1n) is 3.49. The highest BCUT2D eigenvalue weighted by Crippen LogP contribution is 2.19. The molecule has 0 N–H and O–H groups in total. The Labute approximate surface area is 74.7 Å². The standard InChI is InChI=1S/C8H10BrNO/c1-3-11-8-4-7(9)5-10-6(8)2/h4-5H,3H2,1-2H3. The van der Waals surface area contributed by atoms with Gasteiger partial charge in [-0.15, -0.1) is 0 Å². The molecule has 1 heterocycles. The second kappa shape index (κ2) is 3.72. The minimum absolute atomic E-state index is 0.680. The molecule has 0 aliphatic heterocycles. The first kappa shape index (κ1) is 8.53. The van der Waals surface area contributed by atoms with Crippen LogP contribution in [0.3, 0.4) is 0 Å². The maximum absolute atomic E-state index is 5.32. The van der Waals surface area contributed by atoms with Crippen molar-refractivity contribution in [1.29, 1.82) is 0 Å². The fraction of sp³-hybridized carbons (Fsp3) is 0.375. The van der Waals surface area contributed by atoms with Crippen LogP contribution in [0.4, 0.5) is 0 Å². The fourth-order valence-electron chi connectivity index (χ4n) is 0.791. The van der Waals surface area contributed by atoms with E-state index in [0.717, 1.165) is 15.9 Å². The van der Waals surface area contributed by atoms with Crippen molar-refractivity contribution in [2.45, 2.75) is 13.8 Å². The lowest BCUT2D eigenvalue weighted by molar-refractivity contribution is 0.336. The third-order valence-corrected chi connectivity index (χ3v) is 1.74. The van der Waals surface area contributed by atoms with Crippen molar-refractivity contribution in [3.63, 3.8) is 0 Å². The van der Waals surface area contributed by atoms with Gasteiger partial charge in [0.15, 0.2) is 0 Å². The Kier molecular flexibility index (Phi) is 2.88. The number of aromatic nitrogens is 1. The molecule has 0 fully saturated rings. The van der Waals surface area contributed by atoms with Gasteiger partial charge < -0.3 is 4.74 Å². The lowest BCUT2D eigenvalue weighted by Gasteiger charge is -2.05. The van der Waals surface area contributed by atoms with E-state index in [0.29, 0.717) is 6.61 Å². The summed E-state index contributed by atoms with van der Waals surface area (Å²) in [5.74, 6) is 0.849. The molecule has 0 bridgehead atoms. The molecule has 1 aromatic heterocycles. The number of rotatable bonds is 2. The summed E-state index contributed by atoms with van der Waals surface area (Å²) in [5.41, 5.74) is 0.926. The van der Waals surface area contributed by atoms with Crippen LogP contribution in [0, 0.1) is 6.92 Å². The van der Waals surface area contributed by atoms with Gasteiger partial charge in [0.1, 0.15) is 5.75 Å². The zero-order chi connectivity index (χ0) is 8.27. The highest BCUT2D eigenvalue weighted by atomic mass is 79.9. The van der Waals surface area contributed by atoms with Crippen molar-refractivity contribution in [2.75, 3.05) is 6.61 Å². The van der Waals surface area contributed by atoms with Gasteiger partial charge in [0.2, 0.25) is 0 Å². The summed E-state index contributed by atoms with van der Waals surface area (Å²) in [5, 5.41) is 0. The summed E-state index contributed by atoms with van der Waals surface area (Å²) in [4.78, 5) is 4.13. The number of hydrogen-bond donors (Lipinski definition) is 0. The minimum Gasteiger partial charge on any atom is -0.492 e. The van der Waals surface area contributed by atoms with Crippen molar-refractivity contribution in [2.24, 2.45) is 0 Å². The molecule has 1 aromatic rings. The molecule has 0 amide bonds. The fourth-order valence-corrected chi connectivity index (χ4v) is 1.10. The van der Waals surface area contributed by atoms with E-state index in [1.165, 1.54) is 0 Å². The molecule has 0 atom stereocenters. The molecule has 0 radical (unpaired) electrons. The van der Waals surface area contributed by atoms with E-state index in [2.05, 4.69) is 20.9 Å². The lowest BCUT2D eigenvalue weighted by atomic mass is 10.3. The predicted octanol–water partition coefficient (Wildman–Crippen LogP) is 2.55. The number of aryl methyl sites for hydroxylation is 1. The van der Waals surface area contributed by atoms with Crippen LogP contribution in [0.15, 0.2) is 16.7 Å². The number of pyridine rings is 1. The smallest absolute Gasteiger partial charge is 0.141 e. The van der Waals surface area contributed by atoms with Gasteiger partial charge in [-0.1, -0.05) is 0 Å². The van der Waals surface area contributed by atoms with E-state index in [1.807, 2.05) is 19.9 Å². The minimum atomic E-state index is 0.680. The van der Waals surface area contributed by atoms with Crippen molar-refractivity contribution in [3.8, 4) is 5.75 Å². The molecule has 0 saturated carbocycles. The number of halogens is 1. The Morgan fingerprint density at radius 2 is 2.36 bits per heavy atom. The molecule has 60 valence electrons. The molecule has 0 unspecified atom stereocenters. The van der Waals surface area contributed by atoms with E-state index in [1.54, 1.807) is 6.20 Å². The summed E-state index contributed by atoms with van der Waals surface area (Å²) in [6.45, 7) is 4.57. The highest BCUT2D eigenvalue weighted by Gasteiger charge is 1.99. The topological polar surface area (TPSA) is 22.1 Å². The second-order valence-electron chi connectivity index (χ2n) is 2.17. The summed E-state index contributed by atoms with van der Waals surface area (Å²) in [6, 6.07) is 1.92. The van der Waals surface area contributed by atoms with Gasteiger partial charge in [-0.25, -0.2) is 0 Å². The molecule has 11 heavy (non-hydrogen) atoms. The Morgan fingerprint density at radius 1 is 1.64 bits per heavy atom. The van der Waals surface area contributed by atoms with Crippen molar-refractivity contribution in [3.05, 3.63) is 22.4 Å². The van der Waals surface area contributed by atoms with Crippen LogP contribution >= 0.6 is 15.9 Å². The zero-order valence-corrected chi connectivity index (χ0v) is 8.18. The summed E-state index contributed by atoms with van der Waals surface area (Å²) >= 11 is 3.32. The van der Waals surface area contributed by atoms with Crippen LogP contribution in [-0.4, -0.2) is 11.6 Å². The Balaban J connectivity index is 2.93. The maximum atomic E-state index is 5.32. The van der Waals surface area contributed by atoms with E-state index in [-0.39, 0.29) is 0 Å². The third kappa shape index (κ3) is 2.19. The Hall–Kier alpha value is -0.570. The van der Waals surface area contributed by atoms with Crippen LogP contribution in [0.25, 0.3) is 0 Å². The lowest BCUT2D eigenvalue weighted by Crippen LogP contribution is -1.95. The molecular weight excluding hydrogens is 206 g/mol. The van der Waals surface area contributed by atoms with E-state index >= 15 is 0 Å². The van der Waals surface area contributed by atoms with Crippen molar-refractivity contribution < 1.29 is 4.74 Å². The number of ether oxygens (including phenoxy) is 1. The van der Waals surface area contributed by atoms with Crippen LogP contribution < -0.4 is 4.74 Å². The average Bonchev–Trinajstić information content (AvgIpc) is 1.98. The largest absolute Gasteiger partial charge is 0.492 e. The Morgan fingerprint density at radius 3 is 3.00 bits per heavy atom. The Bertz CT molecular complexity index is 250. The summed E-state index contributed by atoms with van der Waals surface area (Å²) in [7, 11) is 0. The number of nitrogens with zero attached hydrogens (tertiary/aromatic N) is 1. The summed E-state index contributed by atoms with van der Waals surface area (Å²) in [6.07, 6.45) is 1.76. The predicted molar refractivity (Wildman–Crippen MR) is 47.8 cm³/mol. The van der Waals surface area contributed by atoms with E-state index in [4.69, 9.17) is 4.74 Å². The molecule has 1 rings (SSSR count). The second-order valence-corrected chi connectivity index (χ2v) is 3.09. The monoisotopic (exact) mass is 215 g/mol. The van der Waals surface area contributed by atoms with Crippen molar-refractivity contribution >= 4 is 15.9 Å². The third-order valence-electron chi connectivity index (χ3n) is 1.31. The molecule has 3 heteroatoms. The maximum Gasteiger partial charge on any atom is 0.141 e.